The number of hydrogen-bond acceptors (Lipinski definition) is 3. The van der Waals surface area contributed by atoms with Gasteiger partial charge in [0.15, 0.2) is 0 Å². The third-order valence-corrected chi connectivity index (χ3v) is 3.27. The first-order valence-electron chi connectivity index (χ1n) is 4.96. The molecule has 0 radical (unpaired) electrons. The van der Waals surface area contributed by atoms with Gasteiger partial charge in [0, 0.05) is 24.7 Å². The molecule has 1 fully saturated rings. The summed E-state index contributed by atoms with van der Waals surface area (Å²) in [5.41, 5.74) is 8.13. The first kappa shape index (κ1) is 9.68. The molecule has 1 aromatic heterocycles. The van der Waals surface area contributed by atoms with Crippen LogP contribution >= 0.6 is 0 Å². The van der Waals surface area contributed by atoms with E-state index in [0.29, 0.717) is 6.54 Å². The van der Waals surface area contributed by atoms with E-state index >= 15 is 0 Å². The minimum Gasteiger partial charge on any atom is -0.393 e. The van der Waals surface area contributed by atoms with E-state index in [9.17, 15) is 5.11 Å². The zero-order valence-corrected chi connectivity index (χ0v) is 8.70. The second-order valence-electron chi connectivity index (χ2n) is 4.35. The zero-order chi connectivity index (χ0) is 10.3. The molecule has 0 amide bonds. The van der Waals surface area contributed by atoms with Gasteiger partial charge in [-0.05, 0) is 25.3 Å². The molecule has 1 saturated carbocycles. The van der Waals surface area contributed by atoms with Crippen molar-refractivity contribution in [2.45, 2.75) is 31.3 Å². The number of aromatic nitrogens is 2. The highest BCUT2D eigenvalue weighted by Crippen LogP contribution is 2.43. The SMILES string of the molecule is Cc1cnn(C)c1C1(CN)CC(O)C1. The summed E-state index contributed by atoms with van der Waals surface area (Å²) in [7, 11) is 1.93. The number of nitrogens with two attached hydrogens (primary N) is 1. The van der Waals surface area contributed by atoms with Crippen molar-refractivity contribution in [1.82, 2.24) is 9.78 Å². The van der Waals surface area contributed by atoms with E-state index in [-0.39, 0.29) is 11.5 Å². The van der Waals surface area contributed by atoms with E-state index in [2.05, 4.69) is 5.10 Å². The van der Waals surface area contributed by atoms with Gasteiger partial charge in [0.1, 0.15) is 0 Å². The first-order chi connectivity index (χ1) is 6.59. The van der Waals surface area contributed by atoms with E-state index in [1.165, 1.54) is 11.3 Å². The molecule has 1 aromatic rings. The van der Waals surface area contributed by atoms with Gasteiger partial charge in [-0.3, -0.25) is 4.68 Å². The Kier molecular flexibility index (Phi) is 2.12. The lowest BCUT2D eigenvalue weighted by atomic mass is 9.64. The zero-order valence-electron chi connectivity index (χ0n) is 8.70. The van der Waals surface area contributed by atoms with Crippen molar-refractivity contribution in [3.63, 3.8) is 0 Å². The molecule has 2 rings (SSSR count). The Morgan fingerprint density at radius 2 is 2.36 bits per heavy atom. The second kappa shape index (κ2) is 3.07. The summed E-state index contributed by atoms with van der Waals surface area (Å²) in [5, 5.41) is 13.6. The van der Waals surface area contributed by atoms with Crippen molar-refractivity contribution in [2.24, 2.45) is 12.8 Å². The number of nitrogens with zero attached hydrogens (tertiary/aromatic N) is 2. The predicted molar refractivity (Wildman–Crippen MR) is 53.9 cm³/mol. The summed E-state index contributed by atoms with van der Waals surface area (Å²) in [6.07, 6.45) is 3.21. The highest BCUT2D eigenvalue weighted by atomic mass is 16.3. The van der Waals surface area contributed by atoms with Gasteiger partial charge in [0.25, 0.3) is 0 Å². The molecular formula is C10H17N3O. The molecule has 0 bridgehead atoms. The molecular weight excluding hydrogens is 178 g/mol. The Bertz CT molecular complexity index is 320. The lowest BCUT2D eigenvalue weighted by Gasteiger charge is -2.45. The average molecular weight is 195 g/mol. The van der Waals surface area contributed by atoms with Gasteiger partial charge in [-0.25, -0.2) is 0 Å². The van der Waals surface area contributed by atoms with Crippen molar-refractivity contribution in [3.05, 3.63) is 17.5 Å². The van der Waals surface area contributed by atoms with Crippen molar-refractivity contribution >= 4 is 0 Å². The van der Waals surface area contributed by atoms with E-state index < -0.39 is 0 Å². The van der Waals surface area contributed by atoms with Crippen LogP contribution in [0.3, 0.4) is 0 Å². The Labute approximate surface area is 83.7 Å². The van der Waals surface area contributed by atoms with Crippen LogP contribution in [0.1, 0.15) is 24.1 Å². The lowest BCUT2D eigenvalue weighted by Crippen LogP contribution is -2.51. The molecule has 4 nitrogen and oxygen atoms in total. The molecule has 78 valence electrons. The molecule has 0 spiro atoms. The monoisotopic (exact) mass is 195 g/mol. The van der Waals surface area contributed by atoms with Crippen LogP contribution in [0.25, 0.3) is 0 Å². The van der Waals surface area contributed by atoms with Gasteiger partial charge in [-0.2, -0.15) is 5.10 Å². The number of aliphatic hydroxyl groups is 1. The highest BCUT2D eigenvalue weighted by molar-refractivity contribution is 5.30. The van der Waals surface area contributed by atoms with E-state index in [1.54, 1.807) is 0 Å². The number of aryl methyl sites for hydroxylation is 2. The maximum absolute atomic E-state index is 9.41. The molecule has 3 N–H and O–H groups in total. The molecule has 0 unspecified atom stereocenters. The third kappa shape index (κ3) is 1.18. The maximum atomic E-state index is 9.41. The fraction of sp³-hybridized carbons (Fsp3) is 0.700. The van der Waals surface area contributed by atoms with Gasteiger partial charge in [-0.1, -0.05) is 0 Å². The summed E-state index contributed by atoms with van der Waals surface area (Å²) < 4.78 is 1.88. The van der Waals surface area contributed by atoms with Gasteiger partial charge < -0.3 is 10.8 Å². The standard InChI is InChI=1S/C10H17N3O/c1-7-5-12-13(2)9(7)10(6-11)3-8(14)4-10/h5,8,14H,3-4,6,11H2,1-2H3. The van der Waals surface area contributed by atoms with Gasteiger partial charge in [0.05, 0.1) is 12.3 Å². The van der Waals surface area contributed by atoms with E-state index in [1.807, 2.05) is 24.9 Å². The molecule has 0 atom stereocenters. The second-order valence-corrected chi connectivity index (χ2v) is 4.35. The Morgan fingerprint density at radius 1 is 1.71 bits per heavy atom. The van der Waals surface area contributed by atoms with Crippen LogP contribution in [0.4, 0.5) is 0 Å². The Morgan fingerprint density at radius 3 is 2.71 bits per heavy atom. The van der Waals surface area contributed by atoms with Crippen LogP contribution in [0.2, 0.25) is 0 Å². The van der Waals surface area contributed by atoms with E-state index in [0.717, 1.165) is 12.8 Å². The molecule has 1 heterocycles. The smallest absolute Gasteiger partial charge is 0.0559 e. The van der Waals surface area contributed by atoms with Crippen LogP contribution in [0.5, 0.6) is 0 Å². The number of hydrogen-bond donors (Lipinski definition) is 2. The fourth-order valence-electron chi connectivity index (χ4n) is 2.61. The van der Waals surface area contributed by atoms with Crippen LogP contribution in [0.15, 0.2) is 6.20 Å². The summed E-state index contributed by atoms with van der Waals surface area (Å²) in [6, 6.07) is 0. The third-order valence-electron chi connectivity index (χ3n) is 3.27. The fourth-order valence-corrected chi connectivity index (χ4v) is 2.61. The molecule has 0 saturated heterocycles. The molecule has 4 heteroatoms. The topological polar surface area (TPSA) is 64.1 Å². The molecule has 0 aliphatic heterocycles. The van der Waals surface area contributed by atoms with Gasteiger partial charge in [0.2, 0.25) is 0 Å². The Balaban J connectivity index is 2.38. The van der Waals surface area contributed by atoms with Crippen LogP contribution < -0.4 is 5.73 Å². The highest BCUT2D eigenvalue weighted by Gasteiger charge is 2.46. The summed E-state index contributed by atoms with van der Waals surface area (Å²) in [5.74, 6) is 0. The summed E-state index contributed by atoms with van der Waals surface area (Å²) >= 11 is 0. The number of aliphatic hydroxyl groups excluding tert-OH is 1. The minimum atomic E-state index is -0.187. The quantitative estimate of drug-likeness (QED) is 0.702. The van der Waals surface area contributed by atoms with Gasteiger partial charge in [-0.15, -0.1) is 0 Å². The largest absolute Gasteiger partial charge is 0.393 e. The molecule has 1 aliphatic carbocycles. The Hall–Kier alpha value is -0.870. The van der Waals surface area contributed by atoms with Crippen molar-refractivity contribution < 1.29 is 5.11 Å². The van der Waals surface area contributed by atoms with Crippen molar-refractivity contribution in [1.29, 1.82) is 0 Å². The molecule has 0 aromatic carbocycles. The van der Waals surface area contributed by atoms with Crippen molar-refractivity contribution in [2.75, 3.05) is 6.54 Å². The normalized spacial score (nSPS) is 31.6. The van der Waals surface area contributed by atoms with Crippen LogP contribution in [-0.4, -0.2) is 27.5 Å². The minimum absolute atomic E-state index is 0.0330. The van der Waals surface area contributed by atoms with Crippen molar-refractivity contribution in [3.8, 4) is 0 Å². The summed E-state index contributed by atoms with van der Waals surface area (Å²) in [6.45, 7) is 2.63. The lowest BCUT2D eigenvalue weighted by molar-refractivity contribution is 0.0180. The average Bonchev–Trinajstić information content (AvgIpc) is 2.42. The first-order valence-corrected chi connectivity index (χ1v) is 4.96. The maximum Gasteiger partial charge on any atom is 0.0559 e. The summed E-state index contributed by atoms with van der Waals surface area (Å²) in [4.78, 5) is 0. The van der Waals surface area contributed by atoms with E-state index in [4.69, 9.17) is 5.73 Å². The van der Waals surface area contributed by atoms with Crippen LogP contribution in [-0.2, 0) is 12.5 Å². The predicted octanol–water partition coefficient (Wildman–Crippen LogP) is 0.0797. The molecule has 1 aliphatic rings. The van der Waals surface area contributed by atoms with Gasteiger partial charge >= 0.3 is 0 Å². The number of rotatable bonds is 2. The molecule has 14 heavy (non-hydrogen) atoms. The van der Waals surface area contributed by atoms with Crippen LogP contribution in [0, 0.1) is 6.92 Å².